The smallest absolute Gasteiger partial charge is 0.272 e. The SMILES string of the molecule is NC(=O)CSc1cccc(NC(=O)/C(=C/c2cccc3ccccc23)NC(=O)c2ccccc2)c1. The first-order valence-corrected chi connectivity index (χ1v) is 11.9. The first-order valence-electron chi connectivity index (χ1n) is 10.9. The summed E-state index contributed by atoms with van der Waals surface area (Å²) in [6, 6.07) is 29.4. The molecule has 0 aliphatic heterocycles. The second-order valence-corrected chi connectivity index (χ2v) is 8.73. The van der Waals surface area contributed by atoms with Crippen molar-refractivity contribution < 1.29 is 14.4 Å². The van der Waals surface area contributed by atoms with Gasteiger partial charge in [0.1, 0.15) is 5.70 Å². The van der Waals surface area contributed by atoms with E-state index in [-0.39, 0.29) is 11.4 Å². The molecule has 0 aromatic heterocycles. The van der Waals surface area contributed by atoms with E-state index in [1.54, 1.807) is 48.5 Å². The molecular formula is C28H23N3O3S. The van der Waals surface area contributed by atoms with Gasteiger partial charge in [-0.25, -0.2) is 0 Å². The number of carbonyl (C=O) groups excluding carboxylic acids is 3. The molecule has 4 rings (SSSR count). The molecule has 3 amide bonds. The summed E-state index contributed by atoms with van der Waals surface area (Å²) >= 11 is 1.28. The average Bonchev–Trinajstić information content (AvgIpc) is 2.88. The van der Waals surface area contributed by atoms with Gasteiger partial charge < -0.3 is 16.4 Å². The lowest BCUT2D eigenvalue weighted by Gasteiger charge is -2.13. The molecule has 0 aliphatic carbocycles. The Morgan fingerprint density at radius 1 is 0.829 bits per heavy atom. The first kappa shape index (κ1) is 23.8. The minimum atomic E-state index is -0.473. The summed E-state index contributed by atoms with van der Waals surface area (Å²) in [5.74, 6) is -1.15. The zero-order valence-electron chi connectivity index (χ0n) is 18.7. The lowest BCUT2D eigenvalue weighted by Crippen LogP contribution is -2.30. The third-order valence-corrected chi connectivity index (χ3v) is 6.14. The molecule has 0 bridgehead atoms. The minimum absolute atomic E-state index is 0.102. The van der Waals surface area contributed by atoms with Crippen molar-refractivity contribution in [2.75, 3.05) is 11.1 Å². The van der Waals surface area contributed by atoms with E-state index < -0.39 is 17.7 Å². The predicted molar refractivity (Wildman–Crippen MR) is 141 cm³/mol. The van der Waals surface area contributed by atoms with E-state index >= 15 is 0 Å². The van der Waals surface area contributed by atoms with Crippen molar-refractivity contribution >= 4 is 52.0 Å². The van der Waals surface area contributed by atoms with Crippen molar-refractivity contribution in [2.45, 2.75) is 4.90 Å². The Kier molecular flexibility index (Phi) is 7.60. The van der Waals surface area contributed by atoms with Crippen molar-refractivity contribution in [3.63, 3.8) is 0 Å². The van der Waals surface area contributed by atoms with Crippen LogP contribution in [0.25, 0.3) is 16.8 Å². The van der Waals surface area contributed by atoms with Crippen LogP contribution in [0, 0.1) is 0 Å². The molecule has 0 radical (unpaired) electrons. The Hall–Kier alpha value is -4.36. The number of nitrogens with one attached hydrogen (secondary N) is 2. The number of rotatable bonds is 8. The largest absolute Gasteiger partial charge is 0.369 e. The third kappa shape index (κ3) is 6.37. The van der Waals surface area contributed by atoms with E-state index in [0.717, 1.165) is 21.2 Å². The van der Waals surface area contributed by atoms with Crippen LogP contribution in [0.1, 0.15) is 15.9 Å². The molecule has 0 atom stereocenters. The highest BCUT2D eigenvalue weighted by molar-refractivity contribution is 8.00. The van der Waals surface area contributed by atoms with Gasteiger partial charge in [0.25, 0.3) is 11.8 Å². The van der Waals surface area contributed by atoms with Crippen LogP contribution in [0.5, 0.6) is 0 Å². The number of anilines is 1. The van der Waals surface area contributed by atoms with Gasteiger partial charge in [-0.1, -0.05) is 66.7 Å². The summed E-state index contributed by atoms with van der Waals surface area (Å²) in [7, 11) is 0. The Balaban J connectivity index is 1.65. The van der Waals surface area contributed by atoms with Crippen molar-refractivity contribution in [1.29, 1.82) is 0 Å². The first-order chi connectivity index (χ1) is 17.0. The standard InChI is InChI=1S/C28H23N3O3S/c29-26(32)18-35-23-14-7-13-22(17-23)30-28(34)25(31-27(33)20-9-2-1-3-10-20)16-21-12-6-11-19-8-4-5-15-24(19)21/h1-17H,18H2,(H2,29,32)(H,30,34)(H,31,33)/b25-16-. The Morgan fingerprint density at radius 3 is 2.34 bits per heavy atom. The molecule has 0 saturated carbocycles. The number of benzene rings is 4. The summed E-state index contributed by atoms with van der Waals surface area (Å²) in [4.78, 5) is 38.1. The fourth-order valence-corrected chi connectivity index (χ4v) is 4.18. The van der Waals surface area contributed by atoms with E-state index in [1.165, 1.54) is 11.8 Å². The lowest BCUT2D eigenvalue weighted by molar-refractivity contribution is -0.115. The zero-order valence-corrected chi connectivity index (χ0v) is 19.5. The van der Waals surface area contributed by atoms with Gasteiger partial charge in [0.2, 0.25) is 5.91 Å². The van der Waals surface area contributed by atoms with Gasteiger partial charge in [-0.2, -0.15) is 0 Å². The van der Waals surface area contributed by atoms with Gasteiger partial charge in [0, 0.05) is 16.1 Å². The van der Waals surface area contributed by atoms with Crippen LogP contribution in [-0.2, 0) is 9.59 Å². The van der Waals surface area contributed by atoms with Gasteiger partial charge in [-0.05, 0) is 52.7 Å². The molecule has 0 aliphatic rings. The number of hydrogen-bond donors (Lipinski definition) is 3. The van der Waals surface area contributed by atoms with Gasteiger partial charge in [0.15, 0.2) is 0 Å². The molecule has 0 heterocycles. The molecule has 7 heteroatoms. The van der Waals surface area contributed by atoms with Crippen LogP contribution in [-0.4, -0.2) is 23.5 Å². The lowest BCUT2D eigenvalue weighted by atomic mass is 10.0. The maximum absolute atomic E-state index is 13.3. The van der Waals surface area contributed by atoms with Crippen LogP contribution in [0.3, 0.4) is 0 Å². The zero-order chi connectivity index (χ0) is 24.6. The Labute approximate surface area is 207 Å². The Morgan fingerprint density at radius 2 is 1.54 bits per heavy atom. The second kappa shape index (κ2) is 11.2. The van der Waals surface area contributed by atoms with E-state index in [4.69, 9.17) is 5.73 Å². The van der Waals surface area contributed by atoms with Gasteiger partial charge in [-0.3, -0.25) is 14.4 Å². The molecule has 4 N–H and O–H groups in total. The summed E-state index contributed by atoms with van der Waals surface area (Å²) in [6.07, 6.45) is 1.67. The fraction of sp³-hybridized carbons (Fsp3) is 0.0357. The number of nitrogens with two attached hydrogens (primary N) is 1. The van der Waals surface area contributed by atoms with E-state index in [2.05, 4.69) is 10.6 Å². The van der Waals surface area contributed by atoms with Gasteiger partial charge in [-0.15, -0.1) is 11.8 Å². The molecule has 0 fully saturated rings. The van der Waals surface area contributed by atoms with Crippen LogP contribution in [0.15, 0.2) is 108 Å². The Bertz CT molecular complexity index is 1410. The second-order valence-electron chi connectivity index (χ2n) is 7.68. The number of thioether (sulfide) groups is 1. The quantitative estimate of drug-likeness (QED) is 0.248. The van der Waals surface area contributed by atoms with Crippen LogP contribution in [0.4, 0.5) is 5.69 Å². The highest BCUT2D eigenvalue weighted by Gasteiger charge is 2.16. The predicted octanol–water partition coefficient (Wildman–Crippen LogP) is 4.83. The third-order valence-electron chi connectivity index (χ3n) is 5.13. The van der Waals surface area contributed by atoms with Gasteiger partial charge in [0.05, 0.1) is 5.75 Å². The number of primary amides is 1. The normalized spacial score (nSPS) is 11.1. The molecule has 0 unspecified atom stereocenters. The van der Waals surface area contributed by atoms with Crippen LogP contribution < -0.4 is 16.4 Å². The maximum atomic E-state index is 13.3. The van der Waals surface area contributed by atoms with Crippen molar-refractivity contribution in [2.24, 2.45) is 5.73 Å². The van der Waals surface area contributed by atoms with Crippen molar-refractivity contribution in [1.82, 2.24) is 5.32 Å². The topological polar surface area (TPSA) is 101 Å². The summed E-state index contributed by atoms with van der Waals surface area (Å²) < 4.78 is 0. The fourth-order valence-electron chi connectivity index (χ4n) is 3.49. The average molecular weight is 482 g/mol. The monoisotopic (exact) mass is 481 g/mol. The molecule has 6 nitrogen and oxygen atoms in total. The molecule has 35 heavy (non-hydrogen) atoms. The number of fused-ring (bicyclic) bond motifs is 1. The molecule has 0 spiro atoms. The summed E-state index contributed by atoms with van der Waals surface area (Å²) in [6.45, 7) is 0. The highest BCUT2D eigenvalue weighted by atomic mass is 32.2. The molecule has 0 saturated heterocycles. The minimum Gasteiger partial charge on any atom is -0.369 e. The van der Waals surface area contributed by atoms with Gasteiger partial charge >= 0.3 is 0 Å². The van der Waals surface area contributed by atoms with Crippen molar-refractivity contribution in [3.8, 4) is 0 Å². The van der Waals surface area contributed by atoms with Crippen LogP contribution in [0.2, 0.25) is 0 Å². The van der Waals surface area contributed by atoms with E-state index in [0.29, 0.717) is 11.3 Å². The van der Waals surface area contributed by atoms with Crippen LogP contribution >= 0.6 is 11.8 Å². The highest BCUT2D eigenvalue weighted by Crippen LogP contribution is 2.23. The molecular weight excluding hydrogens is 458 g/mol. The van der Waals surface area contributed by atoms with Crippen molar-refractivity contribution in [3.05, 3.63) is 114 Å². The summed E-state index contributed by atoms with van der Waals surface area (Å²) in [5.41, 5.74) is 7.10. The maximum Gasteiger partial charge on any atom is 0.272 e. The molecule has 174 valence electrons. The molecule has 4 aromatic carbocycles. The van der Waals surface area contributed by atoms with E-state index in [1.807, 2.05) is 54.6 Å². The summed E-state index contributed by atoms with van der Waals surface area (Å²) in [5, 5.41) is 7.59. The number of amides is 3. The molecule has 4 aromatic rings. The number of carbonyl (C=O) groups is 3. The van der Waals surface area contributed by atoms with E-state index in [9.17, 15) is 14.4 Å². The number of hydrogen-bond acceptors (Lipinski definition) is 4.